The van der Waals surface area contributed by atoms with Gasteiger partial charge < -0.3 is 15.1 Å². The number of pyridine rings is 1. The molecule has 0 radical (unpaired) electrons. The second-order valence-corrected chi connectivity index (χ2v) is 9.75. The van der Waals surface area contributed by atoms with E-state index in [1.54, 1.807) is 6.20 Å². The number of nitrogens with zero attached hydrogens (tertiary/aromatic N) is 4. The lowest BCUT2D eigenvalue weighted by molar-refractivity contribution is -0.130. The Morgan fingerprint density at radius 2 is 2.06 bits per heavy atom. The summed E-state index contributed by atoms with van der Waals surface area (Å²) in [5.74, 6) is 0.992. The predicted octanol–water partition coefficient (Wildman–Crippen LogP) is 3.51. The summed E-state index contributed by atoms with van der Waals surface area (Å²) in [6, 6.07) is 10.1. The van der Waals surface area contributed by atoms with Gasteiger partial charge in [-0.3, -0.25) is 14.7 Å². The maximum absolute atomic E-state index is 13.1. The molecule has 2 aromatic rings. The lowest BCUT2D eigenvalue weighted by Gasteiger charge is -2.30. The first-order chi connectivity index (χ1) is 15.5. The highest BCUT2D eigenvalue weighted by molar-refractivity contribution is 6.30. The van der Waals surface area contributed by atoms with Gasteiger partial charge in [0, 0.05) is 44.6 Å². The highest BCUT2D eigenvalue weighted by Gasteiger charge is 2.27. The number of likely N-dealkylation sites (N-methyl/N-ethyl adjacent to an activating group) is 1. The molecule has 1 aliphatic heterocycles. The first-order valence-electron chi connectivity index (χ1n) is 11.6. The summed E-state index contributed by atoms with van der Waals surface area (Å²) in [5, 5.41) is 4.04. The standard InChI is InChI=1S/C25H34ClN5O/c1-29(2)12-13-31(18-22-9-8-21(26)14-27-22)25(32)15-28-24-5-3-4-20-17-30(11-10-23(20)24)16-19-6-7-19/h3-5,8-9,14,19,28H,6-7,10-13,15-18H2,1-2H3. The van der Waals surface area contributed by atoms with Crippen molar-refractivity contribution in [3.63, 3.8) is 0 Å². The molecule has 172 valence electrons. The van der Waals surface area contributed by atoms with Gasteiger partial charge in [-0.25, -0.2) is 0 Å². The number of rotatable bonds is 10. The molecule has 1 aromatic heterocycles. The summed E-state index contributed by atoms with van der Waals surface area (Å²) in [4.78, 5) is 24.0. The molecular formula is C25H34ClN5O. The molecule has 7 heteroatoms. The second-order valence-electron chi connectivity index (χ2n) is 9.31. The summed E-state index contributed by atoms with van der Waals surface area (Å²) in [6.07, 6.45) is 5.46. The number of nitrogens with one attached hydrogen (secondary N) is 1. The van der Waals surface area contributed by atoms with E-state index in [9.17, 15) is 4.79 Å². The van der Waals surface area contributed by atoms with Crippen molar-refractivity contribution in [1.82, 2.24) is 19.7 Å². The smallest absolute Gasteiger partial charge is 0.242 e. The minimum Gasteiger partial charge on any atom is -0.376 e. The molecule has 0 bridgehead atoms. The molecule has 1 N–H and O–H groups in total. The van der Waals surface area contributed by atoms with E-state index in [0.29, 0.717) is 18.1 Å². The molecule has 4 rings (SSSR count). The quantitative estimate of drug-likeness (QED) is 0.594. The number of halogens is 1. The Morgan fingerprint density at radius 3 is 2.78 bits per heavy atom. The maximum atomic E-state index is 13.1. The molecule has 2 aliphatic rings. The van der Waals surface area contributed by atoms with Crippen LogP contribution in [-0.2, 0) is 24.3 Å². The van der Waals surface area contributed by atoms with Crippen LogP contribution in [0.5, 0.6) is 0 Å². The van der Waals surface area contributed by atoms with Crippen LogP contribution >= 0.6 is 11.6 Å². The molecule has 0 atom stereocenters. The molecule has 1 amide bonds. The molecule has 1 aromatic carbocycles. The molecule has 1 aliphatic carbocycles. The first kappa shape index (κ1) is 23.0. The lowest BCUT2D eigenvalue weighted by atomic mass is 9.97. The topological polar surface area (TPSA) is 51.7 Å². The molecule has 32 heavy (non-hydrogen) atoms. The molecule has 0 spiro atoms. The monoisotopic (exact) mass is 455 g/mol. The van der Waals surface area contributed by atoms with Crippen molar-refractivity contribution in [2.45, 2.75) is 32.4 Å². The van der Waals surface area contributed by atoms with Crippen molar-refractivity contribution in [3.8, 4) is 0 Å². The minimum atomic E-state index is 0.0763. The third-order valence-corrected chi connectivity index (χ3v) is 6.52. The fourth-order valence-electron chi connectivity index (χ4n) is 4.25. The fourth-order valence-corrected chi connectivity index (χ4v) is 4.36. The number of carbonyl (C=O) groups is 1. The zero-order valence-electron chi connectivity index (χ0n) is 19.2. The largest absolute Gasteiger partial charge is 0.376 e. The van der Waals surface area contributed by atoms with Crippen LogP contribution in [-0.4, -0.2) is 72.4 Å². The van der Waals surface area contributed by atoms with Crippen LogP contribution < -0.4 is 5.32 Å². The van der Waals surface area contributed by atoms with E-state index in [1.807, 2.05) is 31.1 Å². The van der Waals surface area contributed by atoms with Gasteiger partial charge in [-0.2, -0.15) is 0 Å². The summed E-state index contributed by atoms with van der Waals surface area (Å²) in [5.41, 5.74) is 4.70. The van der Waals surface area contributed by atoms with E-state index in [-0.39, 0.29) is 12.5 Å². The molecule has 1 fully saturated rings. The van der Waals surface area contributed by atoms with E-state index in [1.165, 1.54) is 30.5 Å². The van der Waals surface area contributed by atoms with Gasteiger partial charge in [-0.05, 0) is 68.6 Å². The Kier molecular flexibility index (Phi) is 7.66. The number of hydrogen-bond donors (Lipinski definition) is 1. The summed E-state index contributed by atoms with van der Waals surface area (Å²) in [7, 11) is 4.04. The van der Waals surface area contributed by atoms with E-state index in [2.05, 4.69) is 38.3 Å². The average Bonchev–Trinajstić information content (AvgIpc) is 3.60. The highest BCUT2D eigenvalue weighted by atomic mass is 35.5. The molecule has 0 unspecified atom stereocenters. The summed E-state index contributed by atoms with van der Waals surface area (Å²) < 4.78 is 0. The minimum absolute atomic E-state index is 0.0763. The predicted molar refractivity (Wildman–Crippen MR) is 130 cm³/mol. The number of fused-ring (bicyclic) bond motifs is 1. The molecule has 6 nitrogen and oxygen atoms in total. The van der Waals surface area contributed by atoms with E-state index in [4.69, 9.17) is 11.6 Å². The Bertz CT molecular complexity index is 913. The Balaban J connectivity index is 1.38. The van der Waals surface area contributed by atoms with Gasteiger partial charge in [-0.1, -0.05) is 23.7 Å². The van der Waals surface area contributed by atoms with Gasteiger partial charge >= 0.3 is 0 Å². The third kappa shape index (κ3) is 6.44. The molecular weight excluding hydrogens is 422 g/mol. The van der Waals surface area contributed by atoms with E-state index in [0.717, 1.165) is 43.4 Å². The summed E-state index contributed by atoms with van der Waals surface area (Å²) in [6.45, 7) is 5.57. The molecule has 2 heterocycles. The highest BCUT2D eigenvalue weighted by Crippen LogP contribution is 2.32. The van der Waals surface area contributed by atoms with Crippen LogP contribution in [0, 0.1) is 5.92 Å². The van der Waals surface area contributed by atoms with Crippen molar-refractivity contribution in [2.24, 2.45) is 5.92 Å². The van der Waals surface area contributed by atoms with Gasteiger partial charge in [0.15, 0.2) is 0 Å². The fraction of sp³-hybridized carbons (Fsp3) is 0.520. The average molecular weight is 456 g/mol. The van der Waals surface area contributed by atoms with E-state index < -0.39 is 0 Å². The Morgan fingerprint density at radius 1 is 1.22 bits per heavy atom. The maximum Gasteiger partial charge on any atom is 0.242 e. The van der Waals surface area contributed by atoms with Crippen LogP contribution in [0.15, 0.2) is 36.5 Å². The normalized spacial score (nSPS) is 16.1. The van der Waals surface area contributed by atoms with Gasteiger partial charge in [0.2, 0.25) is 5.91 Å². The zero-order chi connectivity index (χ0) is 22.5. The molecule has 0 saturated heterocycles. The van der Waals surface area contributed by atoms with Gasteiger partial charge in [0.25, 0.3) is 0 Å². The van der Waals surface area contributed by atoms with E-state index >= 15 is 0 Å². The van der Waals surface area contributed by atoms with Crippen LogP contribution in [0.2, 0.25) is 5.02 Å². The number of carbonyl (C=O) groups excluding carboxylic acids is 1. The van der Waals surface area contributed by atoms with Crippen molar-refractivity contribution < 1.29 is 4.79 Å². The third-order valence-electron chi connectivity index (χ3n) is 6.30. The number of amides is 1. The number of hydrogen-bond acceptors (Lipinski definition) is 5. The van der Waals surface area contributed by atoms with Crippen LogP contribution in [0.3, 0.4) is 0 Å². The SMILES string of the molecule is CN(C)CCN(Cc1ccc(Cl)cn1)C(=O)CNc1cccc2c1CCN(CC1CC1)C2. The molecule has 1 saturated carbocycles. The zero-order valence-corrected chi connectivity index (χ0v) is 19.9. The summed E-state index contributed by atoms with van der Waals surface area (Å²) >= 11 is 5.96. The van der Waals surface area contributed by atoms with Gasteiger partial charge in [0.05, 0.1) is 23.8 Å². The van der Waals surface area contributed by atoms with Gasteiger partial charge in [-0.15, -0.1) is 0 Å². The van der Waals surface area contributed by atoms with Gasteiger partial charge in [0.1, 0.15) is 0 Å². The number of benzene rings is 1. The lowest BCUT2D eigenvalue weighted by Crippen LogP contribution is -2.39. The van der Waals surface area contributed by atoms with Crippen LogP contribution in [0.1, 0.15) is 29.7 Å². The first-order valence-corrected chi connectivity index (χ1v) is 12.0. The van der Waals surface area contributed by atoms with Crippen molar-refractivity contribution >= 4 is 23.2 Å². The van der Waals surface area contributed by atoms with Crippen molar-refractivity contribution in [2.75, 3.05) is 52.1 Å². The number of anilines is 1. The van der Waals surface area contributed by atoms with Crippen LogP contribution in [0.4, 0.5) is 5.69 Å². The second kappa shape index (κ2) is 10.6. The van der Waals surface area contributed by atoms with Crippen molar-refractivity contribution in [1.29, 1.82) is 0 Å². The Labute approximate surface area is 196 Å². The Hall–Kier alpha value is -2.15. The van der Waals surface area contributed by atoms with Crippen LogP contribution in [0.25, 0.3) is 0 Å². The number of aromatic nitrogens is 1. The van der Waals surface area contributed by atoms with Crippen molar-refractivity contribution in [3.05, 3.63) is 58.4 Å².